The second kappa shape index (κ2) is 8.21. The molecule has 1 fully saturated rings. The molecule has 0 amide bonds. The van der Waals surface area contributed by atoms with E-state index in [0.717, 1.165) is 11.1 Å². The average Bonchev–Trinajstić information content (AvgIpc) is 2.68. The van der Waals surface area contributed by atoms with E-state index >= 15 is 0 Å². The number of aryl methyl sites for hydroxylation is 2. The van der Waals surface area contributed by atoms with E-state index in [1.54, 1.807) is 13.0 Å². The Morgan fingerprint density at radius 2 is 1.78 bits per heavy atom. The third kappa shape index (κ3) is 4.37. The lowest BCUT2D eigenvalue weighted by atomic mass is 10.1. The van der Waals surface area contributed by atoms with E-state index < -0.39 is 16.0 Å². The number of sulfonamides is 1. The molecule has 144 valence electrons. The fourth-order valence-electron chi connectivity index (χ4n) is 2.91. The first-order valence-corrected chi connectivity index (χ1v) is 10.2. The van der Waals surface area contributed by atoms with Gasteiger partial charge in [-0.2, -0.15) is 4.31 Å². The van der Waals surface area contributed by atoms with Gasteiger partial charge < -0.3 is 9.47 Å². The Morgan fingerprint density at radius 1 is 1.07 bits per heavy atom. The highest BCUT2D eigenvalue weighted by Gasteiger charge is 2.27. The van der Waals surface area contributed by atoms with Crippen LogP contribution in [-0.2, 0) is 26.1 Å². The van der Waals surface area contributed by atoms with E-state index in [1.165, 1.54) is 16.4 Å². The molecule has 3 rings (SSSR count). The largest absolute Gasteiger partial charge is 0.457 e. The van der Waals surface area contributed by atoms with E-state index in [2.05, 4.69) is 0 Å². The van der Waals surface area contributed by atoms with Crippen molar-refractivity contribution in [3.05, 3.63) is 64.7 Å². The molecule has 0 spiro atoms. The zero-order valence-corrected chi connectivity index (χ0v) is 16.3. The lowest BCUT2D eigenvalue weighted by Crippen LogP contribution is -2.40. The molecule has 0 N–H and O–H groups in total. The third-order valence-corrected chi connectivity index (χ3v) is 6.55. The summed E-state index contributed by atoms with van der Waals surface area (Å²) in [5.41, 5.74) is 2.88. The molecule has 0 radical (unpaired) electrons. The molecule has 1 heterocycles. The number of morpholine rings is 1. The first-order chi connectivity index (χ1) is 12.9. The summed E-state index contributed by atoms with van der Waals surface area (Å²) in [6, 6.07) is 12.2. The topological polar surface area (TPSA) is 72.9 Å². The molecule has 0 bridgehead atoms. The highest BCUT2D eigenvalue weighted by molar-refractivity contribution is 7.89. The smallest absolute Gasteiger partial charge is 0.338 e. The van der Waals surface area contributed by atoms with Gasteiger partial charge in [0.25, 0.3) is 0 Å². The Kier molecular flexibility index (Phi) is 5.94. The number of carbonyl (C=O) groups is 1. The molecule has 0 aliphatic carbocycles. The summed E-state index contributed by atoms with van der Waals surface area (Å²) in [5.74, 6) is -0.533. The van der Waals surface area contributed by atoms with E-state index in [0.29, 0.717) is 31.9 Å². The van der Waals surface area contributed by atoms with E-state index in [9.17, 15) is 13.2 Å². The third-order valence-electron chi connectivity index (χ3n) is 4.66. The van der Waals surface area contributed by atoms with Crippen LogP contribution in [0, 0.1) is 13.8 Å². The van der Waals surface area contributed by atoms with Gasteiger partial charge in [0.05, 0.1) is 23.7 Å². The summed E-state index contributed by atoms with van der Waals surface area (Å²) in [7, 11) is -3.66. The summed E-state index contributed by atoms with van der Waals surface area (Å²) in [6.45, 7) is 5.21. The number of ether oxygens (including phenoxy) is 2. The summed E-state index contributed by atoms with van der Waals surface area (Å²) in [5, 5.41) is 0. The van der Waals surface area contributed by atoms with Crippen LogP contribution in [0.2, 0.25) is 0 Å². The van der Waals surface area contributed by atoms with Crippen molar-refractivity contribution in [1.82, 2.24) is 4.31 Å². The van der Waals surface area contributed by atoms with Gasteiger partial charge in [-0.3, -0.25) is 0 Å². The highest BCUT2D eigenvalue weighted by Crippen LogP contribution is 2.21. The first-order valence-electron chi connectivity index (χ1n) is 8.80. The summed E-state index contributed by atoms with van der Waals surface area (Å²) in [4.78, 5) is 12.7. The number of esters is 1. The summed E-state index contributed by atoms with van der Waals surface area (Å²) < 4.78 is 37.6. The summed E-state index contributed by atoms with van der Waals surface area (Å²) in [6.07, 6.45) is 0. The quantitative estimate of drug-likeness (QED) is 0.735. The van der Waals surface area contributed by atoms with Crippen LogP contribution in [0.1, 0.15) is 27.0 Å². The van der Waals surface area contributed by atoms with Crippen LogP contribution in [0.15, 0.2) is 47.4 Å². The monoisotopic (exact) mass is 389 g/mol. The van der Waals surface area contributed by atoms with Crippen molar-refractivity contribution in [2.75, 3.05) is 26.3 Å². The van der Waals surface area contributed by atoms with Gasteiger partial charge in [0.2, 0.25) is 10.0 Å². The maximum atomic E-state index is 12.8. The van der Waals surface area contributed by atoms with Crippen LogP contribution in [-0.4, -0.2) is 45.0 Å². The predicted octanol–water partition coefficient (Wildman–Crippen LogP) is 2.68. The number of rotatable bonds is 5. The minimum absolute atomic E-state index is 0.0952. The molecular formula is C20H23NO5S. The number of carbonyl (C=O) groups excluding carboxylic acids is 1. The number of benzene rings is 2. The lowest BCUT2D eigenvalue weighted by molar-refractivity contribution is 0.0471. The molecular weight excluding hydrogens is 366 g/mol. The molecule has 6 nitrogen and oxygen atoms in total. The Bertz CT molecular complexity index is 933. The van der Waals surface area contributed by atoms with Crippen LogP contribution in [0.4, 0.5) is 0 Å². The van der Waals surface area contributed by atoms with Gasteiger partial charge in [-0.05, 0) is 42.7 Å². The predicted molar refractivity (Wildman–Crippen MR) is 101 cm³/mol. The van der Waals surface area contributed by atoms with Gasteiger partial charge >= 0.3 is 5.97 Å². The van der Waals surface area contributed by atoms with Crippen LogP contribution in [0.3, 0.4) is 0 Å². The molecule has 0 aromatic heterocycles. The van der Waals surface area contributed by atoms with Gasteiger partial charge in [-0.25, -0.2) is 13.2 Å². The van der Waals surface area contributed by atoms with Crippen LogP contribution in [0.25, 0.3) is 0 Å². The molecule has 1 aliphatic heterocycles. The Labute approximate surface area is 159 Å². The number of nitrogens with zero attached hydrogens (tertiary/aromatic N) is 1. The SMILES string of the molecule is Cc1ccccc1COC(=O)c1cc(S(=O)(=O)N2CCOCC2)ccc1C. The molecule has 2 aromatic rings. The fourth-order valence-corrected chi connectivity index (χ4v) is 4.35. The van der Waals surface area contributed by atoms with Crippen molar-refractivity contribution < 1.29 is 22.7 Å². The average molecular weight is 389 g/mol. The van der Waals surface area contributed by atoms with Gasteiger partial charge in [-0.15, -0.1) is 0 Å². The van der Waals surface area contributed by atoms with Crippen LogP contribution in [0.5, 0.6) is 0 Å². The highest BCUT2D eigenvalue weighted by atomic mass is 32.2. The second-order valence-electron chi connectivity index (χ2n) is 6.50. The standard InChI is InChI=1S/C20H23NO5S/c1-15-5-3-4-6-17(15)14-26-20(22)19-13-18(8-7-16(19)2)27(23,24)21-9-11-25-12-10-21/h3-8,13H,9-12,14H2,1-2H3. The van der Waals surface area contributed by atoms with Crippen molar-refractivity contribution in [2.45, 2.75) is 25.3 Å². The molecule has 27 heavy (non-hydrogen) atoms. The molecule has 1 aliphatic rings. The van der Waals surface area contributed by atoms with Crippen molar-refractivity contribution >= 4 is 16.0 Å². The van der Waals surface area contributed by atoms with Gasteiger partial charge in [0, 0.05) is 13.1 Å². The molecule has 0 saturated carbocycles. The maximum absolute atomic E-state index is 12.8. The first kappa shape index (κ1) is 19.5. The summed E-state index contributed by atoms with van der Waals surface area (Å²) >= 11 is 0. The zero-order chi connectivity index (χ0) is 19.4. The van der Waals surface area contributed by atoms with Crippen molar-refractivity contribution in [1.29, 1.82) is 0 Å². The lowest BCUT2D eigenvalue weighted by Gasteiger charge is -2.26. The van der Waals surface area contributed by atoms with Gasteiger partial charge in [0.1, 0.15) is 6.61 Å². The molecule has 7 heteroatoms. The van der Waals surface area contributed by atoms with Crippen LogP contribution >= 0.6 is 0 Å². The van der Waals surface area contributed by atoms with E-state index in [-0.39, 0.29) is 17.1 Å². The number of hydrogen-bond donors (Lipinski definition) is 0. The van der Waals surface area contributed by atoms with Crippen molar-refractivity contribution in [2.24, 2.45) is 0 Å². The second-order valence-corrected chi connectivity index (χ2v) is 8.43. The molecule has 0 unspecified atom stereocenters. The van der Waals surface area contributed by atoms with Crippen LogP contribution < -0.4 is 0 Å². The minimum Gasteiger partial charge on any atom is -0.457 e. The normalized spacial score (nSPS) is 15.5. The minimum atomic E-state index is -3.66. The van der Waals surface area contributed by atoms with E-state index in [4.69, 9.17) is 9.47 Å². The van der Waals surface area contributed by atoms with Crippen molar-refractivity contribution in [3.63, 3.8) is 0 Å². The van der Waals surface area contributed by atoms with Gasteiger partial charge in [-0.1, -0.05) is 30.3 Å². The molecule has 0 atom stereocenters. The van der Waals surface area contributed by atoms with E-state index in [1.807, 2.05) is 31.2 Å². The molecule has 2 aromatic carbocycles. The Balaban J connectivity index is 1.80. The zero-order valence-electron chi connectivity index (χ0n) is 15.5. The Morgan fingerprint density at radius 3 is 2.48 bits per heavy atom. The number of hydrogen-bond acceptors (Lipinski definition) is 5. The Hall–Kier alpha value is -2.22. The fraction of sp³-hybridized carbons (Fsp3) is 0.350. The maximum Gasteiger partial charge on any atom is 0.338 e. The van der Waals surface area contributed by atoms with Gasteiger partial charge in [0.15, 0.2) is 0 Å². The van der Waals surface area contributed by atoms with Crippen molar-refractivity contribution in [3.8, 4) is 0 Å². The molecule has 1 saturated heterocycles.